The number of amides is 2. The summed E-state index contributed by atoms with van der Waals surface area (Å²) in [5.41, 5.74) is 0.908. The third-order valence-electron chi connectivity index (χ3n) is 4.37. The smallest absolute Gasteiger partial charge is 0.317 e. The average molecular weight is 329 g/mol. The first kappa shape index (κ1) is 16.4. The van der Waals surface area contributed by atoms with Crippen LogP contribution in [0.5, 0.6) is 0 Å². The zero-order valence-corrected chi connectivity index (χ0v) is 13.6. The summed E-state index contributed by atoms with van der Waals surface area (Å²) in [7, 11) is 0. The molecule has 2 aromatic heterocycles. The molecule has 128 valence electrons. The molecule has 1 saturated heterocycles. The van der Waals surface area contributed by atoms with Crippen LogP contribution in [0.1, 0.15) is 31.2 Å². The zero-order chi connectivity index (χ0) is 16.8. The summed E-state index contributed by atoms with van der Waals surface area (Å²) in [6.45, 7) is 1.25. The highest BCUT2D eigenvalue weighted by Gasteiger charge is 2.26. The van der Waals surface area contributed by atoms with Gasteiger partial charge < -0.3 is 15.3 Å². The highest BCUT2D eigenvalue weighted by atomic mass is 16.3. The van der Waals surface area contributed by atoms with E-state index >= 15 is 0 Å². The Morgan fingerprint density at radius 2 is 2.25 bits per heavy atom. The van der Waals surface area contributed by atoms with Gasteiger partial charge in [-0.15, -0.1) is 0 Å². The van der Waals surface area contributed by atoms with E-state index in [0.29, 0.717) is 18.8 Å². The second kappa shape index (κ2) is 7.92. The lowest BCUT2D eigenvalue weighted by Gasteiger charge is -2.35. The number of piperidine rings is 1. The monoisotopic (exact) mass is 329 g/mol. The molecule has 0 saturated carbocycles. The van der Waals surface area contributed by atoms with Gasteiger partial charge in [-0.3, -0.25) is 0 Å². The van der Waals surface area contributed by atoms with Crippen LogP contribution in [0, 0.1) is 0 Å². The Morgan fingerprint density at radius 3 is 3.04 bits per heavy atom. The van der Waals surface area contributed by atoms with E-state index in [4.69, 9.17) is 0 Å². The Hall–Kier alpha value is -2.41. The van der Waals surface area contributed by atoms with E-state index in [0.717, 1.165) is 31.4 Å². The molecule has 1 unspecified atom stereocenters. The van der Waals surface area contributed by atoms with Crippen molar-refractivity contribution in [2.75, 3.05) is 13.2 Å². The minimum atomic E-state index is -0.0802. The highest BCUT2D eigenvalue weighted by Crippen LogP contribution is 2.19. The average Bonchev–Trinajstić information content (AvgIpc) is 3.15. The summed E-state index contributed by atoms with van der Waals surface area (Å²) in [5.74, 6) is 0.716. The summed E-state index contributed by atoms with van der Waals surface area (Å²) in [6.07, 6.45) is 8.96. The molecule has 7 heteroatoms. The van der Waals surface area contributed by atoms with E-state index in [1.54, 1.807) is 17.1 Å². The number of hydrogen-bond acceptors (Lipinski definition) is 4. The Labute approximate surface area is 141 Å². The van der Waals surface area contributed by atoms with Crippen LogP contribution in [0.2, 0.25) is 0 Å². The van der Waals surface area contributed by atoms with Crippen molar-refractivity contribution in [2.24, 2.45) is 0 Å². The normalized spacial score (nSPS) is 17.7. The number of aromatic nitrogens is 3. The van der Waals surface area contributed by atoms with Crippen molar-refractivity contribution < 1.29 is 9.90 Å². The minimum absolute atomic E-state index is 0.0802. The van der Waals surface area contributed by atoms with Gasteiger partial charge in [0.1, 0.15) is 0 Å². The number of carbonyl (C=O) groups excluding carboxylic acids is 1. The van der Waals surface area contributed by atoms with Gasteiger partial charge in [-0.2, -0.15) is 5.10 Å². The van der Waals surface area contributed by atoms with Gasteiger partial charge in [0.05, 0.1) is 0 Å². The van der Waals surface area contributed by atoms with E-state index in [2.05, 4.69) is 15.4 Å². The Kier molecular flexibility index (Phi) is 5.43. The molecule has 0 radical (unpaired) electrons. The molecule has 2 aromatic rings. The SMILES string of the molecule is O=C(NCc1cccnc1-n1cccn1)N1CCCCC1CCO. The maximum Gasteiger partial charge on any atom is 0.317 e. The number of rotatable bonds is 5. The van der Waals surface area contributed by atoms with Crippen molar-refractivity contribution in [1.82, 2.24) is 25.0 Å². The van der Waals surface area contributed by atoms with E-state index in [9.17, 15) is 9.90 Å². The van der Waals surface area contributed by atoms with Crippen LogP contribution in [0.25, 0.3) is 5.82 Å². The van der Waals surface area contributed by atoms with Crippen LogP contribution in [0.15, 0.2) is 36.8 Å². The standard InChI is InChI=1S/C17H23N5O2/c23-12-7-15-6-1-2-10-21(15)17(24)19-13-14-5-3-8-18-16(14)22-11-4-9-20-22/h3-5,8-9,11,15,23H,1-2,6-7,10,12-13H2,(H,19,24). The van der Waals surface area contributed by atoms with Crippen molar-refractivity contribution in [3.8, 4) is 5.82 Å². The molecule has 0 aromatic carbocycles. The number of aliphatic hydroxyl groups excluding tert-OH is 1. The van der Waals surface area contributed by atoms with Crippen molar-refractivity contribution in [1.29, 1.82) is 0 Å². The lowest BCUT2D eigenvalue weighted by Crippen LogP contribution is -2.48. The van der Waals surface area contributed by atoms with Crippen molar-refractivity contribution in [2.45, 2.75) is 38.3 Å². The summed E-state index contributed by atoms with van der Waals surface area (Å²) in [4.78, 5) is 18.8. The predicted molar refractivity (Wildman–Crippen MR) is 89.6 cm³/mol. The van der Waals surface area contributed by atoms with Crippen LogP contribution < -0.4 is 5.32 Å². The second-order valence-corrected chi connectivity index (χ2v) is 5.95. The van der Waals surface area contributed by atoms with Crippen molar-refractivity contribution in [3.05, 3.63) is 42.4 Å². The van der Waals surface area contributed by atoms with Gasteiger partial charge in [0.2, 0.25) is 0 Å². The molecule has 24 heavy (non-hydrogen) atoms. The van der Waals surface area contributed by atoms with Gasteiger partial charge >= 0.3 is 6.03 Å². The van der Waals surface area contributed by atoms with Gasteiger partial charge in [-0.1, -0.05) is 6.07 Å². The molecule has 0 aliphatic carbocycles. The number of pyridine rings is 1. The first-order valence-corrected chi connectivity index (χ1v) is 8.39. The third-order valence-corrected chi connectivity index (χ3v) is 4.37. The van der Waals surface area contributed by atoms with Gasteiger partial charge in [-0.25, -0.2) is 14.5 Å². The van der Waals surface area contributed by atoms with Crippen LogP contribution in [-0.2, 0) is 6.54 Å². The third kappa shape index (κ3) is 3.73. The summed E-state index contributed by atoms with van der Waals surface area (Å²) >= 11 is 0. The Morgan fingerprint density at radius 1 is 1.33 bits per heavy atom. The highest BCUT2D eigenvalue weighted by molar-refractivity contribution is 5.74. The van der Waals surface area contributed by atoms with Crippen LogP contribution in [-0.4, -0.2) is 50.0 Å². The van der Waals surface area contributed by atoms with Gasteiger partial charge in [-0.05, 0) is 37.8 Å². The van der Waals surface area contributed by atoms with Gasteiger partial charge in [0.15, 0.2) is 5.82 Å². The summed E-state index contributed by atoms with van der Waals surface area (Å²) in [5, 5.41) is 16.4. The number of aliphatic hydroxyl groups is 1. The quantitative estimate of drug-likeness (QED) is 0.875. The maximum absolute atomic E-state index is 12.5. The Balaban J connectivity index is 1.66. The van der Waals surface area contributed by atoms with Crippen molar-refractivity contribution >= 4 is 6.03 Å². The van der Waals surface area contributed by atoms with Crippen LogP contribution in [0.3, 0.4) is 0 Å². The fourth-order valence-corrected chi connectivity index (χ4v) is 3.16. The van der Waals surface area contributed by atoms with Gasteiger partial charge in [0.25, 0.3) is 0 Å². The Bertz CT molecular complexity index is 657. The number of urea groups is 1. The van der Waals surface area contributed by atoms with E-state index in [-0.39, 0.29) is 18.7 Å². The molecule has 2 amide bonds. The fourth-order valence-electron chi connectivity index (χ4n) is 3.16. The van der Waals surface area contributed by atoms with Crippen LogP contribution >= 0.6 is 0 Å². The molecule has 7 nitrogen and oxygen atoms in total. The molecular formula is C17H23N5O2. The van der Waals surface area contributed by atoms with Crippen LogP contribution in [0.4, 0.5) is 4.79 Å². The molecule has 1 atom stereocenters. The molecular weight excluding hydrogens is 306 g/mol. The molecule has 1 aliphatic heterocycles. The number of nitrogens with zero attached hydrogens (tertiary/aromatic N) is 4. The molecule has 1 fully saturated rings. The largest absolute Gasteiger partial charge is 0.396 e. The van der Waals surface area contributed by atoms with E-state index in [1.807, 2.05) is 29.3 Å². The van der Waals surface area contributed by atoms with Gasteiger partial charge in [0, 0.05) is 49.9 Å². The number of hydrogen-bond donors (Lipinski definition) is 2. The summed E-state index contributed by atoms with van der Waals surface area (Å²) < 4.78 is 1.69. The fraction of sp³-hybridized carbons (Fsp3) is 0.471. The topological polar surface area (TPSA) is 83.3 Å². The summed E-state index contributed by atoms with van der Waals surface area (Å²) in [6, 6.07) is 5.67. The molecule has 3 rings (SSSR count). The number of likely N-dealkylation sites (tertiary alicyclic amines) is 1. The van der Waals surface area contributed by atoms with E-state index in [1.165, 1.54) is 0 Å². The predicted octanol–water partition coefficient (Wildman–Crippen LogP) is 1.71. The van der Waals surface area contributed by atoms with E-state index < -0.39 is 0 Å². The second-order valence-electron chi connectivity index (χ2n) is 5.95. The number of carbonyl (C=O) groups is 1. The van der Waals surface area contributed by atoms with Crippen molar-refractivity contribution in [3.63, 3.8) is 0 Å². The molecule has 1 aliphatic rings. The lowest BCUT2D eigenvalue weighted by atomic mass is 10.0. The molecule has 3 heterocycles. The lowest BCUT2D eigenvalue weighted by molar-refractivity contribution is 0.131. The maximum atomic E-state index is 12.5. The first-order valence-electron chi connectivity index (χ1n) is 8.39. The minimum Gasteiger partial charge on any atom is -0.396 e. The molecule has 0 bridgehead atoms. The number of nitrogens with one attached hydrogen (secondary N) is 1. The molecule has 2 N–H and O–H groups in total. The first-order chi connectivity index (χ1) is 11.8. The zero-order valence-electron chi connectivity index (χ0n) is 13.6. The molecule has 0 spiro atoms.